The molecule has 120 valence electrons. The lowest BCUT2D eigenvalue weighted by atomic mass is 9.70. The predicted molar refractivity (Wildman–Crippen MR) is 88.2 cm³/mol. The van der Waals surface area contributed by atoms with Crippen LogP contribution >= 0.6 is 0 Å². The van der Waals surface area contributed by atoms with E-state index in [2.05, 4.69) is 0 Å². The zero-order valence-corrected chi connectivity index (χ0v) is 13.8. The maximum Gasteiger partial charge on any atom is 0.166 e. The van der Waals surface area contributed by atoms with Crippen molar-refractivity contribution >= 4 is 22.3 Å². The molecule has 2 aromatic rings. The fraction of sp³-hybridized carbons (Fsp3) is 0.368. The zero-order valence-electron chi connectivity index (χ0n) is 13.8. The van der Waals surface area contributed by atoms with Crippen LogP contribution < -0.4 is 4.74 Å². The highest BCUT2D eigenvalue weighted by Gasteiger charge is 2.44. The van der Waals surface area contributed by atoms with Gasteiger partial charge in [0.15, 0.2) is 5.78 Å². The molecule has 0 saturated carbocycles. The van der Waals surface area contributed by atoms with Crippen molar-refractivity contribution in [2.45, 2.75) is 38.7 Å². The lowest BCUT2D eigenvalue weighted by molar-refractivity contribution is -0.124. The third kappa shape index (κ3) is 2.43. The highest BCUT2D eigenvalue weighted by molar-refractivity contribution is 6.07. The Morgan fingerprint density at radius 3 is 2.61 bits per heavy atom. The van der Waals surface area contributed by atoms with Crippen molar-refractivity contribution in [3.63, 3.8) is 0 Å². The van der Waals surface area contributed by atoms with E-state index < -0.39 is 11.5 Å². The summed E-state index contributed by atoms with van der Waals surface area (Å²) in [6.07, 6.45) is -0.0368. The van der Waals surface area contributed by atoms with E-state index in [1.165, 1.54) is 6.92 Å². The van der Waals surface area contributed by atoms with Crippen molar-refractivity contribution in [1.29, 1.82) is 0 Å². The molecule has 3 rings (SSSR count). The van der Waals surface area contributed by atoms with Crippen molar-refractivity contribution in [2.75, 3.05) is 7.11 Å². The average molecular weight is 312 g/mol. The Morgan fingerprint density at radius 1 is 1.30 bits per heavy atom. The summed E-state index contributed by atoms with van der Waals surface area (Å²) in [5.74, 6) is -0.225. The minimum atomic E-state index is -1.35. The molecule has 0 aliphatic heterocycles. The molecular formula is C19H20O4. The molecule has 0 bridgehead atoms. The molecule has 4 nitrogen and oxygen atoms in total. The molecule has 1 aliphatic carbocycles. The van der Waals surface area contributed by atoms with Gasteiger partial charge in [0.05, 0.1) is 18.6 Å². The number of hydrogen-bond donors (Lipinski definition) is 1. The lowest BCUT2D eigenvalue weighted by Crippen LogP contribution is -2.43. The quantitative estimate of drug-likeness (QED) is 0.925. The second-order valence-electron chi connectivity index (χ2n) is 6.61. The van der Waals surface area contributed by atoms with Crippen molar-refractivity contribution in [2.24, 2.45) is 0 Å². The molecule has 1 aliphatic rings. The van der Waals surface area contributed by atoms with Crippen LogP contribution in [0, 0.1) is 6.92 Å². The van der Waals surface area contributed by atoms with Crippen LogP contribution in [0.1, 0.15) is 47.7 Å². The minimum absolute atomic E-state index is 0.0368. The fourth-order valence-corrected chi connectivity index (χ4v) is 3.69. The van der Waals surface area contributed by atoms with Gasteiger partial charge in [-0.05, 0) is 66.9 Å². The number of rotatable bonds is 2. The summed E-state index contributed by atoms with van der Waals surface area (Å²) in [5, 5.41) is 12.4. The van der Waals surface area contributed by atoms with E-state index in [1.807, 2.05) is 31.2 Å². The third-order valence-corrected chi connectivity index (χ3v) is 4.70. The number of hydrogen-bond acceptors (Lipinski definition) is 4. The molecule has 23 heavy (non-hydrogen) atoms. The monoisotopic (exact) mass is 312 g/mol. The van der Waals surface area contributed by atoms with Gasteiger partial charge in [0.2, 0.25) is 0 Å². The van der Waals surface area contributed by atoms with Crippen LogP contribution in [0.2, 0.25) is 0 Å². The van der Waals surface area contributed by atoms with Gasteiger partial charge >= 0.3 is 0 Å². The summed E-state index contributed by atoms with van der Waals surface area (Å²) in [7, 11) is 1.60. The molecular weight excluding hydrogens is 292 g/mol. The van der Waals surface area contributed by atoms with E-state index in [0.717, 1.165) is 22.1 Å². The van der Waals surface area contributed by atoms with Gasteiger partial charge in [0, 0.05) is 12.0 Å². The molecule has 4 heteroatoms. The molecule has 0 amide bonds. The summed E-state index contributed by atoms with van der Waals surface area (Å²) in [6.45, 7) is 4.98. The van der Waals surface area contributed by atoms with Crippen LogP contribution in [-0.2, 0) is 4.79 Å². The first-order valence-corrected chi connectivity index (χ1v) is 7.63. The van der Waals surface area contributed by atoms with Crippen molar-refractivity contribution in [1.82, 2.24) is 0 Å². The van der Waals surface area contributed by atoms with Crippen LogP contribution in [0.5, 0.6) is 5.75 Å². The topological polar surface area (TPSA) is 63.6 Å². The Kier molecular flexibility index (Phi) is 3.52. The molecule has 2 atom stereocenters. The molecule has 0 fully saturated rings. The van der Waals surface area contributed by atoms with Gasteiger partial charge in [-0.15, -0.1) is 0 Å². The van der Waals surface area contributed by atoms with Crippen LogP contribution in [0.3, 0.4) is 0 Å². The number of carbonyl (C=O) groups excluding carboxylic acids is 2. The number of benzene rings is 2. The number of carbonyl (C=O) groups is 2. The standard InChI is InChI=1S/C19H20O4/c1-10-5-13(23-4)6-12-7-16-15(8-14(10)12)17(21)9-19(3,22)18(16)11(2)20/h5-8,18,22H,9H2,1-4H3/t18-,19+/m0/s1. The first-order chi connectivity index (χ1) is 10.7. The van der Waals surface area contributed by atoms with Crippen LogP contribution in [-0.4, -0.2) is 29.4 Å². The fourth-order valence-electron chi connectivity index (χ4n) is 3.69. The first-order valence-electron chi connectivity index (χ1n) is 7.63. The largest absolute Gasteiger partial charge is 0.497 e. The average Bonchev–Trinajstić information content (AvgIpc) is 2.44. The van der Waals surface area contributed by atoms with Crippen LogP contribution in [0.25, 0.3) is 10.8 Å². The Bertz CT molecular complexity index is 833. The molecule has 2 aromatic carbocycles. The molecule has 1 N–H and O–H groups in total. The van der Waals surface area contributed by atoms with Crippen LogP contribution in [0.4, 0.5) is 0 Å². The molecule has 0 heterocycles. The van der Waals surface area contributed by atoms with Gasteiger partial charge in [0.25, 0.3) is 0 Å². The maximum absolute atomic E-state index is 12.5. The van der Waals surface area contributed by atoms with Gasteiger partial charge in [-0.1, -0.05) is 0 Å². The van der Waals surface area contributed by atoms with Gasteiger partial charge in [0.1, 0.15) is 11.5 Å². The summed E-state index contributed by atoms with van der Waals surface area (Å²) in [6, 6.07) is 7.49. The molecule has 0 spiro atoms. The van der Waals surface area contributed by atoms with E-state index in [-0.39, 0.29) is 18.0 Å². The number of ether oxygens (including phenoxy) is 1. The molecule has 0 unspecified atom stereocenters. The number of aliphatic hydroxyl groups is 1. The van der Waals surface area contributed by atoms with Gasteiger partial charge < -0.3 is 9.84 Å². The Balaban J connectivity index is 2.34. The summed E-state index contributed by atoms with van der Waals surface area (Å²) in [4.78, 5) is 24.6. The van der Waals surface area contributed by atoms with E-state index in [0.29, 0.717) is 11.1 Å². The second kappa shape index (κ2) is 5.17. The SMILES string of the molecule is COc1cc(C)c2cc3c(cc2c1)[C@H](C(C)=O)[C@](C)(O)CC3=O. The minimum Gasteiger partial charge on any atom is -0.497 e. The Hall–Kier alpha value is -2.20. The molecule has 0 saturated heterocycles. The summed E-state index contributed by atoms with van der Waals surface area (Å²) >= 11 is 0. The Labute approximate surface area is 135 Å². The zero-order chi connectivity index (χ0) is 16.9. The predicted octanol–water partition coefficient (Wildman–Crippen LogP) is 3.17. The van der Waals surface area contributed by atoms with E-state index >= 15 is 0 Å². The smallest absolute Gasteiger partial charge is 0.166 e. The van der Waals surface area contributed by atoms with E-state index in [4.69, 9.17) is 4.74 Å². The Morgan fingerprint density at radius 2 is 2.00 bits per heavy atom. The number of Topliss-reactive ketones (excluding diaryl/α,β-unsaturated/α-hetero) is 2. The summed E-state index contributed by atoms with van der Waals surface area (Å²) in [5.41, 5.74) is 0.806. The maximum atomic E-state index is 12.5. The van der Waals surface area contributed by atoms with E-state index in [1.54, 1.807) is 14.0 Å². The summed E-state index contributed by atoms with van der Waals surface area (Å²) < 4.78 is 5.30. The second-order valence-corrected chi connectivity index (χ2v) is 6.61. The third-order valence-electron chi connectivity index (χ3n) is 4.70. The van der Waals surface area contributed by atoms with Gasteiger partial charge in [-0.2, -0.15) is 0 Å². The highest BCUT2D eigenvalue weighted by Crippen LogP contribution is 2.42. The van der Waals surface area contributed by atoms with Gasteiger partial charge in [-0.25, -0.2) is 0 Å². The molecule has 0 radical (unpaired) electrons. The van der Waals surface area contributed by atoms with Crippen molar-refractivity contribution in [3.8, 4) is 5.75 Å². The highest BCUT2D eigenvalue weighted by atomic mass is 16.5. The normalized spacial score (nSPS) is 23.7. The van der Waals surface area contributed by atoms with Crippen LogP contribution in [0.15, 0.2) is 24.3 Å². The molecule has 0 aromatic heterocycles. The van der Waals surface area contributed by atoms with E-state index in [9.17, 15) is 14.7 Å². The number of methoxy groups -OCH3 is 1. The van der Waals surface area contributed by atoms with Crippen molar-refractivity contribution < 1.29 is 19.4 Å². The van der Waals surface area contributed by atoms with Crippen molar-refractivity contribution in [3.05, 3.63) is 41.0 Å². The number of fused-ring (bicyclic) bond motifs is 2. The van der Waals surface area contributed by atoms with Gasteiger partial charge in [-0.3, -0.25) is 9.59 Å². The first kappa shape index (κ1) is 15.7. The number of aryl methyl sites for hydroxylation is 1. The number of ketones is 2. The lowest BCUT2D eigenvalue weighted by Gasteiger charge is -2.36.